The summed E-state index contributed by atoms with van der Waals surface area (Å²) in [5.41, 5.74) is 1.13. The van der Waals surface area contributed by atoms with Gasteiger partial charge in [-0.2, -0.15) is 0 Å². The summed E-state index contributed by atoms with van der Waals surface area (Å²) in [4.78, 5) is 23.4. The third-order valence-corrected chi connectivity index (χ3v) is 4.16. The van der Waals surface area contributed by atoms with Gasteiger partial charge < -0.3 is 10.4 Å². The number of hydrogen-bond acceptors (Lipinski definition) is 2. The molecule has 0 unspecified atom stereocenters. The van der Waals surface area contributed by atoms with Gasteiger partial charge in [-0.05, 0) is 24.8 Å². The average molecular weight is 289 g/mol. The second-order valence-corrected chi connectivity index (χ2v) is 5.74. The van der Waals surface area contributed by atoms with E-state index in [0.29, 0.717) is 19.3 Å². The predicted molar refractivity (Wildman–Crippen MR) is 80.9 cm³/mol. The SMILES string of the molecule is O=C(CCc1ccccc1)N[C@H]1CCCCC[C@H]1C(=O)O. The molecule has 0 aromatic heterocycles. The van der Waals surface area contributed by atoms with Crippen molar-refractivity contribution in [2.75, 3.05) is 0 Å². The Balaban J connectivity index is 1.86. The first-order valence-electron chi connectivity index (χ1n) is 7.73. The fraction of sp³-hybridized carbons (Fsp3) is 0.529. The van der Waals surface area contributed by atoms with Gasteiger partial charge in [-0.15, -0.1) is 0 Å². The minimum absolute atomic E-state index is 0.0444. The first-order valence-corrected chi connectivity index (χ1v) is 7.73. The van der Waals surface area contributed by atoms with Crippen molar-refractivity contribution in [1.82, 2.24) is 5.32 Å². The molecule has 1 fully saturated rings. The van der Waals surface area contributed by atoms with Gasteiger partial charge >= 0.3 is 5.97 Å². The molecule has 21 heavy (non-hydrogen) atoms. The number of carbonyl (C=O) groups excluding carboxylic acids is 1. The fourth-order valence-corrected chi connectivity index (χ4v) is 2.96. The lowest BCUT2D eigenvalue weighted by Gasteiger charge is -2.22. The van der Waals surface area contributed by atoms with Crippen LogP contribution in [0.2, 0.25) is 0 Å². The van der Waals surface area contributed by atoms with Gasteiger partial charge in [0, 0.05) is 12.5 Å². The summed E-state index contributed by atoms with van der Waals surface area (Å²) in [6.07, 6.45) is 5.53. The molecule has 1 aliphatic rings. The molecule has 1 amide bonds. The first kappa shape index (κ1) is 15.5. The number of carboxylic acid groups (broad SMARTS) is 1. The van der Waals surface area contributed by atoms with Crippen LogP contribution in [0.5, 0.6) is 0 Å². The summed E-state index contributed by atoms with van der Waals surface area (Å²) >= 11 is 0. The van der Waals surface area contributed by atoms with Crippen LogP contribution in [0.25, 0.3) is 0 Å². The Bertz CT molecular complexity index is 472. The van der Waals surface area contributed by atoms with Crippen molar-refractivity contribution in [3.63, 3.8) is 0 Å². The Morgan fingerprint density at radius 3 is 2.52 bits per heavy atom. The largest absolute Gasteiger partial charge is 0.481 e. The molecular formula is C17H23NO3. The van der Waals surface area contributed by atoms with E-state index in [1.807, 2.05) is 30.3 Å². The maximum atomic E-state index is 12.1. The van der Waals surface area contributed by atoms with E-state index in [9.17, 15) is 14.7 Å². The van der Waals surface area contributed by atoms with Crippen LogP contribution >= 0.6 is 0 Å². The number of benzene rings is 1. The van der Waals surface area contributed by atoms with Crippen LogP contribution < -0.4 is 5.32 Å². The molecule has 4 nitrogen and oxygen atoms in total. The summed E-state index contributed by atoms with van der Waals surface area (Å²) in [7, 11) is 0. The van der Waals surface area contributed by atoms with Gasteiger partial charge in [-0.3, -0.25) is 9.59 Å². The highest BCUT2D eigenvalue weighted by Crippen LogP contribution is 2.24. The predicted octanol–water partition coefficient (Wildman–Crippen LogP) is 2.77. The number of nitrogens with one attached hydrogen (secondary N) is 1. The zero-order chi connectivity index (χ0) is 15.1. The summed E-state index contributed by atoms with van der Waals surface area (Å²) in [6.45, 7) is 0. The fourth-order valence-electron chi connectivity index (χ4n) is 2.96. The third-order valence-electron chi connectivity index (χ3n) is 4.16. The molecule has 2 N–H and O–H groups in total. The Kier molecular flexibility index (Phi) is 5.78. The number of rotatable bonds is 5. The molecule has 4 heteroatoms. The number of aliphatic carboxylic acids is 1. The number of hydrogen-bond donors (Lipinski definition) is 2. The van der Waals surface area contributed by atoms with E-state index in [0.717, 1.165) is 31.2 Å². The van der Waals surface area contributed by atoms with Crippen LogP contribution in [-0.4, -0.2) is 23.0 Å². The molecule has 0 saturated heterocycles. The Hall–Kier alpha value is -1.84. The maximum absolute atomic E-state index is 12.1. The molecule has 0 bridgehead atoms. The average Bonchev–Trinajstić information content (AvgIpc) is 2.72. The highest BCUT2D eigenvalue weighted by atomic mass is 16.4. The summed E-state index contributed by atoms with van der Waals surface area (Å²) in [5, 5.41) is 12.2. The monoisotopic (exact) mass is 289 g/mol. The number of amides is 1. The summed E-state index contributed by atoms with van der Waals surface area (Å²) < 4.78 is 0. The molecule has 0 heterocycles. The lowest BCUT2D eigenvalue weighted by Crippen LogP contribution is -2.42. The van der Waals surface area contributed by atoms with Crippen molar-refractivity contribution in [3.05, 3.63) is 35.9 Å². The highest BCUT2D eigenvalue weighted by molar-refractivity contribution is 5.78. The number of aryl methyl sites for hydroxylation is 1. The molecular weight excluding hydrogens is 266 g/mol. The molecule has 0 aliphatic heterocycles. The van der Waals surface area contributed by atoms with E-state index in [1.54, 1.807) is 0 Å². The standard InChI is InChI=1S/C17H23NO3/c19-16(12-11-13-7-3-1-4-8-13)18-15-10-6-2-5-9-14(15)17(20)21/h1,3-4,7-8,14-15H,2,5-6,9-12H2,(H,18,19)(H,20,21)/t14-,15+/m1/s1. The van der Waals surface area contributed by atoms with Crippen LogP contribution in [0.1, 0.15) is 44.1 Å². The molecule has 2 atom stereocenters. The lowest BCUT2D eigenvalue weighted by molar-refractivity contribution is -0.143. The van der Waals surface area contributed by atoms with Crippen molar-refractivity contribution in [3.8, 4) is 0 Å². The quantitative estimate of drug-likeness (QED) is 0.819. The molecule has 1 aromatic rings. The lowest BCUT2D eigenvalue weighted by atomic mass is 9.94. The molecule has 0 radical (unpaired) electrons. The summed E-state index contributed by atoms with van der Waals surface area (Å²) in [5.74, 6) is -1.27. The van der Waals surface area contributed by atoms with E-state index >= 15 is 0 Å². The van der Waals surface area contributed by atoms with Crippen LogP contribution in [0, 0.1) is 5.92 Å². The normalized spacial score (nSPS) is 22.3. The summed E-state index contributed by atoms with van der Waals surface area (Å²) in [6, 6.07) is 9.65. The van der Waals surface area contributed by atoms with Gasteiger partial charge in [0.2, 0.25) is 5.91 Å². The van der Waals surface area contributed by atoms with E-state index in [1.165, 1.54) is 0 Å². The van der Waals surface area contributed by atoms with Gasteiger partial charge in [-0.25, -0.2) is 0 Å². The van der Waals surface area contributed by atoms with Crippen molar-refractivity contribution in [1.29, 1.82) is 0 Å². The van der Waals surface area contributed by atoms with Gasteiger partial charge in [0.25, 0.3) is 0 Å². The molecule has 1 saturated carbocycles. The topological polar surface area (TPSA) is 66.4 Å². The minimum Gasteiger partial charge on any atom is -0.481 e. The molecule has 0 spiro atoms. The van der Waals surface area contributed by atoms with Crippen LogP contribution in [0.15, 0.2) is 30.3 Å². The molecule has 1 aliphatic carbocycles. The van der Waals surface area contributed by atoms with E-state index < -0.39 is 11.9 Å². The second kappa shape index (κ2) is 7.81. The van der Waals surface area contributed by atoms with Crippen molar-refractivity contribution in [2.24, 2.45) is 5.92 Å². The van der Waals surface area contributed by atoms with Gasteiger partial charge in [-0.1, -0.05) is 49.6 Å². The zero-order valence-corrected chi connectivity index (χ0v) is 12.3. The smallest absolute Gasteiger partial charge is 0.308 e. The van der Waals surface area contributed by atoms with Gasteiger partial charge in [0.05, 0.1) is 5.92 Å². The van der Waals surface area contributed by atoms with Gasteiger partial charge in [0.1, 0.15) is 0 Å². The van der Waals surface area contributed by atoms with E-state index in [-0.39, 0.29) is 11.9 Å². The third kappa shape index (κ3) is 4.88. The molecule has 114 valence electrons. The first-order chi connectivity index (χ1) is 10.2. The van der Waals surface area contributed by atoms with Crippen LogP contribution in [0.4, 0.5) is 0 Å². The number of carbonyl (C=O) groups is 2. The Labute approximate surface area is 125 Å². The highest BCUT2D eigenvalue weighted by Gasteiger charge is 2.30. The van der Waals surface area contributed by atoms with Crippen LogP contribution in [0.3, 0.4) is 0 Å². The Morgan fingerprint density at radius 1 is 1.10 bits per heavy atom. The zero-order valence-electron chi connectivity index (χ0n) is 12.3. The number of carboxylic acids is 1. The minimum atomic E-state index is -0.787. The van der Waals surface area contributed by atoms with Crippen molar-refractivity contribution in [2.45, 2.75) is 51.0 Å². The molecule has 2 rings (SSSR count). The second-order valence-electron chi connectivity index (χ2n) is 5.74. The van der Waals surface area contributed by atoms with Crippen molar-refractivity contribution >= 4 is 11.9 Å². The molecule has 1 aromatic carbocycles. The maximum Gasteiger partial charge on any atom is 0.308 e. The van der Waals surface area contributed by atoms with Crippen molar-refractivity contribution < 1.29 is 14.7 Å². The van der Waals surface area contributed by atoms with Gasteiger partial charge in [0.15, 0.2) is 0 Å². The van der Waals surface area contributed by atoms with E-state index in [2.05, 4.69) is 5.32 Å². The van der Waals surface area contributed by atoms with Crippen LogP contribution in [-0.2, 0) is 16.0 Å². The Morgan fingerprint density at radius 2 is 1.81 bits per heavy atom. The van der Waals surface area contributed by atoms with E-state index in [4.69, 9.17) is 0 Å².